The van der Waals surface area contributed by atoms with Crippen molar-refractivity contribution in [3.05, 3.63) is 0 Å². The molecule has 5 nitrogen and oxygen atoms in total. The van der Waals surface area contributed by atoms with Gasteiger partial charge in [-0.1, -0.05) is 0 Å². The highest BCUT2D eigenvalue weighted by Gasteiger charge is 2.57. The third kappa shape index (κ3) is 2.63. The van der Waals surface area contributed by atoms with Gasteiger partial charge < -0.3 is 24.1 Å². The molecular formula is C16H26O5. The van der Waals surface area contributed by atoms with E-state index in [2.05, 4.69) is 0 Å². The lowest BCUT2D eigenvalue weighted by molar-refractivity contribution is -0.203. The molecule has 0 radical (unpaired) electrons. The largest absolute Gasteiger partial charge is 0.396 e. The summed E-state index contributed by atoms with van der Waals surface area (Å²) >= 11 is 0. The van der Waals surface area contributed by atoms with E-state index in [1.807, 2.05) is 0 Å². The fourth-order valence-electron chi connectivity index (χ4n) is 4.82. The average molecular weight is 298 g/mol. The molecular weight excluding hydrogens is 272 g/mol. The first kappa shape index (κ1) is 14.4. The predicted molar refractivity (Wildman–Crippen MR) is 74.5 cm³/mol. The highest BCUT2D eigenvalue weighted by Crippen LogP contribution is 2.55. The normalized spacial score (nSPS) is 45.3. The van der Waals surface area contributed by atoms with Crippen molar-refractivity contribution in [2.75, 3.05) is 26.4 Å². The van der Waals surface area contributed by atoms with Gasteiger partial charge in [0.15, 0.2) is 12.1 Å². The van der Waals surface area contributed by atoms with Gasteiger partial charge in [-0.05, 0) is 37.5 Å². The number of hydrogen-bond acceptors (Lipinski definition) is 5. The van der Waals surface area contributed by atoms with E-state index in [0.29, 0.717) is 25.0 Å². The molecule has 1 unspecified atom stereocenters. The van der Waals surface area contributed by atoms with Crippen LogP contribution in [0.4, 0.5) is 0 Å². The number of hydrogen-bond donors (Lipinski definition) is 1. The lowest BCUT2D eigenvalue weighted by atomic mass is 9.92. The molecule has 2 saturated heterocycles. The summed E-state index contributed by atoms with van der Waals surface area (Å²) in [6.07, 6.45) is 6.24. The Bertz CT molecular complexity index is 362. The third-order valence-electron chi connectivity index (χ3n) is 5.78. The van der Waals surface area contributed by atoms with Crippen LogP contribution < -0.4 is 0 Å². The molecule has 5 atom stereocenters. The topological polar surface area (TPSA) is 57.2 Å². The Morgan fingerprint density at radius 1 is 1.10 bits per heavy atom. The first-order valence-corrected chi connectivity index (χ1v) is 8.45. The van der Waals surface area contributed by atoms with Gasteiger partial charge in [-0.3, -0.25) is 0 Å². The van der Waals surface area contributed by atoms with Crippen LogP contribution in [-0.4, -0.2) is 49.7 Å². The summed E-state index contributed by atoms with van der Waals surface area (Å²) in [6, 6.07) is 0. The van der Waals surface area contributed by atoms with E-state index >= 15 is 0 Å². The molecule has 1 N–H and O–H groups in total. The minimum Gasteiger partial charge on any atom is -0.396 e. The van der Waals surface area contributed by atoms with Crippen LogP contribution in [0.15, 0.2) is 0 Å². The first-order chi connectivity index (χ1) is 10.3. The van der Waals surface area contributed by atoms with Crippen molar-refractivity contribution >= 4 is 0 Å². The molecule has 2 saturated carbocycles. The zero-order chi connectivity index (χ0) is 14.3. The van der Waals surface area contributed by atoms with E-state index in [9.17, 15) is 5.11 Å². The van der Waals surface area contributed by atoms with Crippen LogP contribution in [0.3, 0.4) is 0 Å². The molecule has 2 aliphatic carbocycles. The lowest BCUT2D eigenvalue weighted by Crippen LogP contribution is -2.35. The highest BCUT2D eigenvalue weighted by molar-refractivity contribution is 5.02. The maximum absolute atomic E-state index is 9.84. The lowest BCUT2D eigenvalue weighted by Gasteiger charge is -2.31. The Labute approximate surface area is 125 Å². The minimum absolute atomic E-state index is 0.0652. The summed E-state index contributed by atoms with van der Waals surface area (Å²) in [7, 11) is 0. The van der Waals surface area contributed by atoms with Gasteiger partial charge in [-0.15, -0.1) is 0 Å². The molecule has 0 aromatic carbocycles. The van der Waals surface area contributed by atoms with E-state index in [1.54, 1.807) is 0 Å². The van der Waals surface area contributed by atoms with E-state index in [0.717, 1.165) is 38.7 Å². The SMILES string of the molecule is OC[C@@H]1[C@H]2CC3(C[C@H]2C[C@H]1OC1CCCCO1)OCCO3. The van der Waals surface area contributed by atoms with E-state index in [-0.39, 0.29) is 30.7 Å². The fraction of sp³-hybridized carbons (Fsp3) is 1.00. The summed E-state index contributed by atoms with van der Waals surface area (Å²) in [4.78, 5) is 0. The standard InChI is InChI=1S/C16H26O5/c17-10-13-12-9-16(19-5-6-20-16)8-11(12)7-14(13)21-15-3-1-2-4-18-15/h11-15,17H,1-10H2/t11-,12+,13-,14-,15?/m1/s1. The molecule has 0 aromatic heterocycles. The van der Waals surface area contributed by atoms with Crippen LogP contribution in [0.5, 0.6) is 0 Å². The molecule has 5 heteroatoms. The van der Waals surface area contributed by atoms with Crippen LogP contribution in [-0.2, 0) is 18.9 Å². The maximum atomic E-state index is 9.84. The summed E-state index contributed by atoms with van der Waals surface area (Å²) in [5.41, 5.74) is 0. The van der Waals surface area contributed by atoms with Crippen molar-refractivity contribution in [2.45, 2.75) is 56.7 Å². The Morgan fingerprint density at radius 3 is 2.67 bits per heavy atom. The van der Waals surface area contributed by atoms with Crippen molar-refractivity contribution in [3.8, 4) is 0 Å². The second-order valence-electron chi connectivity index (χ2n) is 6.99. The summed E-state index contributed by atoms with van der Waals surface area (Å²) in [5.74, 6) is 0.859. The van der Waals surface area contributed by atoms with Gasteiger partial charge in [0.25, 0.3) is 0 Å². The van der Waals surface area contributed by atoms with Gasteiger partial charge in [-0.25, -0.2) is 0 Å². The van der Waals surface area contributed by atoms with Gasteiger partial charge in [0.2, 0.25) is 0 Å². The highest BCUT2D eigenvalue weighted by atomic mass is 16.7. The molecule has 120 valence electrons. The van der Waals surface area contributed by atoms with Gasteiger partial charge in [0, 0.05) is 32.0 Å². The summed E-state index contributed by atoms with van der Waals surface area (Å²) in [5, 5.41) is 9.84. The van der Waals surface area contributed by atoms with E-state index in [4.69, 9.17) is 18.9 Å². The Hall–Kier alpha value is -0.200. The van der Waals surface area contributed by atoms with Crippen molar-refractivity contribution in [3.63, 3.8) is 0 Å². The molecule has 4 aliphatic rings. The first-order valence-electron chi connectivity index (χ1n) is 8.45. The van der Waals surface area contributed by atoms with Gasteiger partial charge in [0.05, 0.1) is 19.3 Å². The Balaban J connectivity index is 1.40. The zero-order valence-corrected chi connectivity index (χ0v) is 12.5. The molecule has 0 aromatic rings. The van der Waals surface area contributed by atoms with Crippen LogP contribution in [0, 0.1) is 17.8 Å². The number of ether oxygens (including phenoxy) is 4. The minimum atomic E-state index is -0.352. The fourth-order valence-corrected chi connectivity index (χ4v) is 4.82. The molecule has 4 rings (SSSR count). The van der Waals surface area contributed by atoms with Gasteiger partial charge >= 0.3 is 0 Å². The van der Waals surface area contributed by atoms with Crippen LogP contribution in [0.25, 0.3) is 0 Å². The molecule has 2 heterocycles. The number of aliphatic hydroxyl groups excluding tert-OH is 1. The summed E-state index contributed by atoms with van der Waals surface area (Å²) in [6.45, 7) is 2.41. The molecule has 0 amide bonds. The monoisotopic (exact) mass is 298 g/mol. The second-order valence-corrected chi connectivity index (χ2v) is 6.99. The van der Waals surface area contributed by atoms with Gasteiger partial charge in [-0.2, -0.15) is 0 Å². The second kappa shape index (κ2) is 5.78. The van der Waals surface area contributed by atoms with Crippen molar-refractivity contribution in [1.82, 2.24) is 0 Å². The Kier molecular flexibility index (Phi) is 3.96. The summed E-state index contributed by atoms with van der Waals surface area (Å²) < 4.78 is 23.6. The maximum Gasteiger partial charge on any atom is 0.169 e. The molecule has 2 aliphatic heterocycles. The third-order valence-corrected chi connectivity index (χ3v) is 5.78. The number of rotatable bonds is 3. The van der Waals surface area contributed by atoms with Crippen molar-refractivity contribution in [2.24, 2.45) is 17.8 Å². The number of fused-ring (bicyclic) bond motifs is 1. The van der Waals surface area contributed by atoms with E-state index < -0.39 is 0 Å². The quantitative estimate of drug-likeness (QED) is 0.859. The zero-order valence-electron chi connectivity index (χ0n) is 12.5. The number of aliphatic hydroxyl groups is 1. The van der Waals surface area contributed by atoms with Crippen LogP contribution in [0.2, 0.25) is 0 Å². The van der Waals surface area contributed by atoms with Gasteiger partial charge in [0.1, 0.15) is 0 Å². The molecule has 0 bridgehead atoms. The van der Waals surface area contributed by atoms with Crippen molar-refractivity contribution in [1.29, 1.82) is 0 Å². The molecule has 21 heavy (non-hydrogen) atoms. The average Bonchev–Trinajstić information content (AvgIpc) is 3.16. The van der Waals surface area contributed by atoms with Crippen molar-refractivity contribution < 1.29 is 24.1 Å². The predicted octanol–water partition coefficient (Wildman–Crippen LogP) is 1.68. The molecule has 4 fully saturated rings. The van der Waals surface area contributed by atoms with Crippen LogP contribution >= 0.6 is 0 Å². The van der Waals surface area contributed by atoms with Crippen LogP contribution in [0.1, 0.15) is 38.5 Å². The Morgan fingerprint density at radius 2 is 1.95 bits per heavy atom. The van der Waals surface area contributed by atoms with E-state index in [1.165, 1.54) is 6.42 Å². The smallest absolute Gasteiger partial charge is 0.169 e. The molecule has 1 spiro atoms.